The Hall–Kier alpha value is -2.57. The van der Waals surface area contributed by atoms with Crippen molar-refractivity contribution in [3.05, 3.63) is 36.1 Å². The Balaban J connectivity index is 1.60. The minimum atomic E-state index is -0.264. The molecule has 0 saturated carbocycles. The molecule has 0 radical (unpaired) electrons. The number of piperidine rings is 1. The normalized spacial score (nSPS) is 18.0. The van der Waals surface area contributed by atoms with Crippen LogP contribution in [-0.2, 0) is 0 Å². The lowest BCUT2D eigenvalue weighted by Crippen LogP contribution is -2.38. The Morgan fingerprint density at radius 1 is 1.22 bits per heavy atom. The molecule has 1 aliphatic rings. The van der Waals surface area contributed by atoms with Gasteiger partial charge in [-0.1, -0.05) is 0 Å². The molecule has 2 heterocycles. The van der Waals surface area contributed by atoms with Crippen molar-refractivity contribution in [1.29, 1.82) is 0 Å². The Morgan fingerprint density at radius 3 is 2.74 bits per heavy atom. The van der Waals surface area contributed by atoms with Gasteiger partial charge in [-0.15, -0.1) is 0 Å². The molecule has 0 aliphatic carbocycles. The van der Waals surface area contributed by atoms with Gasteiger partial charge < -0.3 is 21.1 Å². The first-order valence-corrected chi connectivity index (χ1v) is 7.63. The quantitative estimate of drug-likeness (QED) is 0.897. The van der Waals surface area contributed by atoms with Crippen LogP contribution in [0.15, 0.2) is 30.3 Å². The lowest BCUT2D eigenvalue weighted by molar-refractivity contribution is 0.228. The van der Waals surface area contributed by atoms with Crippen molar-refractivity contribution >= 4 is 17.6 Å². The molecule has 1 saturated heterocycles. The Morgan fingerprint density at radius 2 is 2.00 bits per heavy atom. The summed E-state index contributed by atoms with van der Waals surface area (Å²) in [6, 6.07) is 7.81. The molecule has 0 unspecified atom stereocenters. The molecule has 0 bridgehead atoms. The van der Waals surface area contributed by atoms with Crippen LogP contribution >= 0.6 is 0 Å². The minimum absolute atomic E-state index is 0.185. The van der Waals surface area contributed by atoms with Crippen molar-refractivity contribution in [2.45, 2.75) is 12.8 Å². The van der Waals surface area contributed by atoms with Crippen molar-refractivity contribution in [3.63, 3.8) is 0 Å². The molecule has 2 aromatic rings. The number of benzene rings is 1. The molecule has 3 rings (SSSR count). The van der Waals surface area contributed by atoms with Crippen LogP contribution in [0.25, 0.3) is 0 Å². The van der Waals surface area contributed by atoms with Crippen LogP contribution in [-0.4, -0.2) is 29.7 Å². The number of nitrogens with zero attached hydrogens (tertiary/aromatic N) is 3. The molecule has 1 aromatic heterocycles. The van der Waals surface area contributed by atoms with E-state index in [1.54, 1.807) is 18.2 Å². The topological polar surface area (TPSA) is 90.3 Å². The number of hydrogen-bond donors (Lipinski definition) is 2. The molecule has 4 N–H and O–H groups in total. The van der Waals surface area contributed by atoms with Crippen LogP contribution < -0.4 is 21.1 Å². The molecule has 1 aliphatic heterocycles. The lowest BCUT2D eigenvalue weighted by atomic mass is 9.99. The summed E-state index contributed by atoms with van der Waals surface area (Å²) in [5.41, 5.74) is 11.4. The van der Waals surface area contributed by atoms with Gasteiger partial charge in [0.1, 0.15) is 23.2 Å². The number of anilines is 3. The van der Waals surface area contributed by atoms with E-state index in [-0.39, 0.29) is 11.8 Å². The van der Waals surface area contributed by atoms with Crippen LogP contribution in [0, 0.1) is 11.7 Å². The second kappa shape index (κ2) is 6.68. The number of rotatable bonds is 4. The highest BCUT2D eigenvalue weighted by Gasteiger charge is 2.22. The third-order valence-electron chi connectivity index (χ3n) is 3.89. The monoisotopic (exact) mass is 317 g/mol. The van der Waals surface area contributed by atoms with E-state index in [9.17, 15) is 4.39 Å². The summed E-state index contributed by atoms with van der Waals surface area (Å²) >= 11 is 0. The average Bonchev–Trinajstić information content (AvgIpc) is 2.54. The highest BCUT2D eigenvalue weighted by molar-refractivity contribution is 5.50. The van der Waals surface area contributed by atoms with Crippen LogP contribution in [0.5, 0.6) is 5.75 Å². The Bertz CT molecular complexity index is 644. The fourth-order valence-corrected chi connectivity index (χ4v) is 2.79. The molecule has 1 aromatic carbocycles. The molecule has 122 valence electrons. The van der Waals surface area contributed by atoms with Crippen LogP contribution in [0.2, 0.25) is 0 Å². The fourth-order valence-electron chi connectivity index (χ4n) is 2.79. The second-order valence-corrected chi connectivity index (χ2v) is 5.73. The standard InChI is InChI=1S/C16H20FN5O/c17-12-3-5-13(6-4-12)23-10-11-2-1-7-22(9-11)15-8-14(18)20-16(19)21-15/h3-6,8,11H,1-2,7,9-10H2,(H4,18,19,20,21)/t11-/m0/s1. The maximum atomic E-state index is 12.9. The SMILES string of the molecule is Nc1cc(N2CCC[C@H](COc3ccc(F)cc3)C2)nc(N)n1. The lowest BCUT2D eigenvalue weighted by Gasteiger charge is -2.33. The van der Waals surface area contributed by atoms with Crippen LogP contribution in [0.1, 0.15) is 12.8 Å². The van der Waals surface area contributed by atoms with E-state index in [1.165, 1.54) is 12.1 Å². The highest BCUT2D eigenvalue weighted by Crippen LogP contribution is 2.24. The molecule has 23 heavy (non-hydrogen) atoms. The summed E-state index contributed by atoms with van der Waals surface area (Å²) < 4.78 is 18.6. The first-order valence-electron chi connectivity index (χ1n) is 7.63. The van der Waals surface area contributed by atoms with Gasteiger partial charge in [0.2, 0.25) is 5.95 Å². The summed E-state index contributed by atoms with van der Waals surface area (Å²) in [7, 11) is 0. The van der Waals surface area contributed by atoms with Gasteiger partial charge in [0.15, 0.2) is 0 Å². The summed E-state index contributed by atoms with van der Waals surface area (Å²) in [6.45, 7) is 2.30. The zero-order valence-electron chi connectivity index (χ0n) is 12.8. The first-order chi connectivity index (χ1) is 11.1. The summed E-state index contributed by atoms with van der Waals surface area (Å²) in [4.78, 5) is 10.3. The van der Waals surface area contributed by atoms with E-state index in [0.29, 0.717) is 24.1 Å². The number of nitrogen functional groups attached to an aromatic ring is 2. The number of hydrogen-bond acceptors (Lipinski definition) is 6. The predicted octanol–water partition coefficient (Wildman–Crippen LogP) is 2.08. The number of nitrogens with two attached hydrogens (primary N) is 2. The van der Waals surface area contributed by atoms with Crippen molar-refractivity contribution in [1.82, 2.24) is 9.97 Å². The summed E-state index contributed by atoms with van der Waals surface area (Å²) in [6.07, 6.45) is 2.12. The summed E-state index contributed by atoms with van der Waals surface area (Å²) in [5, 5.41) is 0. The van der Waals surface area contributed by atoms with Gasteiger partial charge in [-0.2, -0.15) is 9.97 Å². The van der Waals surface area contributed by atoms with Gasteiger partial charge in [-0.05, 0) is 37.1 Å². The fraction of sp³-hybridized carbons (Fsp3) is 0.375. The van der Waals surface area contributed by atoms with E-state index in [2.05, 4.69) is 14.9 Å². The van der Waals surface area contributed by atoms with Crippen molar-refractivity contribution < 1.29 is 9.13 Å². The molecule has 7 heteroatoms. The Labute approximate surface area is 134 Å². The van der Waals surface area contributed by atoms with Gasteiger partial charge in [0, 0.05) is 25.1 Å². The number of ether oxygens (including phenoxy) is 1. The number of halogens is 1. The third-order valence-corrected chi connectivity index (χ3v) is 3.89. The minimum Gasteiger partial charge on any atom is -0.493 e. The molecule has 1 atom stereocenters. The molecule has 1 fully saturated rings. The third kappa shape index (κ3) is 4.00. The average molecular weight is 317 g/mol. The molecular weight excluding hydrogens is 297 g/mol. The van der Waals surface area contributed by atoms with Gasteiger partial charge in [0.25, 0.3) is 0 Å². The van der Waals surface area contributed by atoms with E-state index < -0.39 is 0 Å². The molecule has 0 spiro atoms. The molecule has 6 nitrogen and oxygen atoms in total. The van der Waals surface area contributed by atoms with Gasteiger partial charge in [-0.3, -0.25) is 0 Å². The molecular formula is C16H20FN5O. The van der Waals surface area contributed by atoms with Crippen molar-refractivity contribution in [2.75, 3.05) is 36.1 Å². The van der Waals surface area contributed by atoms with E-state index in [1.807, 2.05) is 0 Å². The first kappa shape index (κ1) is 15.3. The van der Waals surface area contributed by atoms with Crippen molar-refractivity contribution in [2.24, 2.45) is 5.92 Å². The predicted molar refractivity (Wildman–Crippen MR) is 87.7 cm³/mol. The van der Waals surface area contributed by atoms with E-state index in [4.69, 9.17) is 16.2 Å². The van der Waals surface area contributed by atoms with Crippen LogP contribution in [0.3, 0.4) is 0 Å². The highest BCUT2D eigenvalue weighted by atomic mass is 19.1. The smallest absolute Gasteiger partial charge is 0.223 e. The van der Waals surface area contributed by atoms with Gasteiger partial charge in [0.05, 0.1) is 6.61 Å². The summed E-state index contributed by atoms with van der Waals surface area (Å²) in [5.74, 6) is 2.09. The van der Waals surface area contributed by atoms with Crippen molar-refractivity contribution in [3.8, 4) is 5.75 Å². The largest absolute Gasteiger partial charge is 0.493 e. The van der Waals surface area contributed by atoms with Crippen LogP contribution in [0.4, 0.5) is 22.0 Å². The molecule has 0 amide bonds. The van der Waals surface area contributed by atoms with Gasteiger partial charge >= 0.3 is 0 Å². The maximum Gasteiger partial charge on any atom is 0.223 e. The van der Waals surface area contributed by atoms with Gasteiger partial charge in [-0.25, -0.2) is 4.39 Å². The zero-order chi connectivity index (χ0) is 16.2. The van der Waals surface area contributed by atoms with E-state index in [0.717, 1.165) is 31.7 Å². The second-order valence-electron chi connectivity index (χ2n) is 5.73. The number of aromatic nitrogens is 2. The maximum absolute atomic E-state index is 12.9. The zero-order valence-corrected chi connectivity index (χ0v) is 12.8. The Kier molecular flexibility index (Phi) is 4.45. The van der Waals surface area contributed by atoms with E-state index >= 15 is 0 Å².